The zero-order valence-corrected chi connectivity index (χ0v) is 10.4. The highest BCUT2D eigenvalue weighted by atomic mass is 16.5. The molecule has 1 aromatic carbocycles. The SMILES string of the molecule is COC(=O)CCCNCc1ccc(OC)cc1. The zero-order chi connectivity index (χ0) is 12.5. The number of carbonyl (C=O) groups is 1. The minimum atomic E-state index is -0.156. The molecule has 0 saturated heterocycles. The third kappa shape index (κ3) is 5.36. The molecule has 0 saturated carbocycles. The summed E-state index contributed by atoms with van der Waals surface area (Å²) in [6.07, 6.45) is 1.26. The van der Waals surface area contributed by atoms with Crippen LogP contribution in [0.3, 0.4) is 0 Å². The smallest absolute Gasteiger partial charge is 0.305 e. The lowest BCUT2D eigenvalue weighted by Crippen LogP contribution is -2.16. The maximum absolute atomic E-state index is 10.9. The first-order valence-electron chi connectivity index (χ1n) is 5.66. The Morgan fingerprint density at radius 3 is 2.53 bits per heavy atom. The Morgan fingerprint density at radius 1 is 1.24 bits per heavy atom. The largest absolute Gasteiger partial charge is 0.497 e. The van der Waals surface area contributed by atoms with Crippen LogP contribution in [0.25, 0.3) is 0 Å². The van der Waals surface area contributed by atoms with Crippen molar-refractivity contribution < 1.29 is 14.3 Å². The number of hydrogen-bond acceptors (Lipinski definition) is 4. The van der Waals surface area contributed by atoms with Gasteiger partial charge in [0.15, 0.2) is 0 Å². The van der Waals surface area contributed by atoms with Crippen molar-refractivity contribution in [1.29, 1.82) is 0 Å². The molecule has 0 aliphatic carbocycles. The fourth-order valence-corrected chi connectivity index (χ4v) is 1.44. The molecule has 0 bridgehead atoms. The van der Waals surface area contributed by atoms with E-state index in [2.05, 4.69) is 10.1 Å². The van der Waals surface area contributed by atoms with E-state index in [0.717, 1.165) is 25.3 Å². The molecular formula is C13H19NO3. The Hall–Kier alpha value is -1.55. The first-order valence-corrected chi connectivity index (χ1v) is 5.66. The summed E-state index contributed by atoms with van der Waals surface area (Å²) >= 11 is 0. The standard InChI is InChI=1S/C13H19NO3/c1-16-12-7-5-11(6-8-12)10-14-9-3-4-13(15)17-2/h5-8,14H,3-4,9-10H2,1-2H3. The molecular weight excluding hydrogens is 218 g/mol. The van der Waals surface area contributed by atoms with E-state index in [1.807, 2.05) is 24.3 Å². The van der Waals surface area contributed by atoms with Crippen molar-refractivity contribution in [2.24, 2.45) is 0 Å². The van der Waals surface area contributed by atoms with Gasteiger partial charge in [-0.3, -0.25) is 4.79 Å². The number of hydrogen-bond donors (Lipinski definition) is 1. The highest BCUT2D eigenvalue weighted by molar-refractivity contribution is 5.69. The number of ether oxygens (including phenoxy) is 2. The maximum Gasteiger partial charge on any atom is 0.305 e. The van der Waals surface area contributed by atoms with E-state index in [4.69, 9.17) is 4.74 Å². The topological polar surface area (TPSA) is 47.6 Å². The fraction of sp³-hybridized carbons (Fsp3) is 0.462. The quantitative estimate of drug-likeness (QED) is 0.579. The second-order valence-electron chi connectivity index (χ2n) is 3.70. The van der Waals surface area contributed by atoms with Gasteiger partial charge in [0.05, 0.1) is 14.2 Å². The van der Waals surface area contributed by atoms with Crippen LogP contribution in [0.2, 0.25) is 0 Å². The van der Waals surface area contributed by atoms with Crippen molar-refractivity contribution in [3.8, 4) is 5.75 Å². The van der Waals surface area contributed by atoms with E-state index in [1.165, 1.54) is 12.7 Å². The van der Waals surface area contributed by atoms with E-state index in [-0.39, 0.29) is 5.97 Å². The molecule has 0 fully saturated rings. The monoisotopic (exact) mass is 237 g/mol. The zero-order valence-electron chi connectivity index (χ0n) is 10.4. The molecule has 0 heterocycles. The van der Waals surface area contributed by atoms with Crippen molar-refractivity contribution in [3.05, 3.63) is 29.8 Å². The van der Waals surface area contributed by atoms with Crippen LogP contribution in [0.15, 0.2) is 24.3 Å². The van der Waals surface area contributed by atoms with Gasteiger partial charge in [0.2, 0.25) is 0 Å². The number of methoxy groups -OCH3 is 2. The van der Waals surface area contributed by atoms with E-state index in [1.54, 1.807) is 7.11 Å². The van der Waals surface area contributed by atoms with Gasteiger partial charge in [0.25, 0.3) is 0 Å². The van der Waals surface area contributed by atoms with E-state index in [0.29, 0.717) is 6.42 Å². The van der Waals surface area contributed by atoms with Crippen LogP contribution in [0.1, 0.15) is 18.4 Å². The highest BCUT2D eigenvalue weighted by Gasteiger charge is 1.99. The predicted molar refractivity (Wildman–Crippen MR) is 66.0 cm³/mol. The number of rotatable bonds is 7. The normalized spacial score (nSPS) is 10.0. The summed E-state index contributed by atoms with van der Waals surface area (Å²) in [5.74, 6) is 0.704. The first kappa shape index (κ1) is 13.5. The van der Waals surface area contributed by atoms with Crippen molar-refractivity contribution in [2.75, 3.05) is 20.8 Å². The van der Waals surface area contributed by atoms with Crippen molar-refractivity contribution in [1.82, 2.24) is 5.32 Å². The van der Waals surface area contributed by atoms with Gasteiger partial charge in [-0.2, -0.15) is 0 Å². The molecule has 0 aromatic heterocycles. The summed E-state index contributed by atoms with van der Waals surface area (Å²) in [6, 6.07) is 7.91. The summed E-state index contributed by atoms with van der Waals surface area (Å²) in [5, 5.41) is 3.27. The van der Waals surface area contributed by atoms with Gasteiger partial charge in [-0.05, 0) is 30.7 Å². The van der Waals surface area contributed by atoms with Gasteiger partial charge in [-0.15, -0.1) is 0 Å². The van der Waals surface area contributed by atoms with E-state index < -0.39 is 0 Å². The Bertz CT molecular complexity index is 335. The lowest BCUT2D eigenvalue weighted by molar-refractivity contribution is -0.140. The summed E-state index contributed by atoms with van der Waals surface area (Å²) in [7, 11) is 3.06. The Morgan fingerprint density at radius 2 is 1.94 bits per heavy atom. The molecule has 1 aromatic rings. The fourth-order valence-electron chi connectivity index (χ4n) is 1.44. The van der Waals surface area contributed by atoms with Gasteiger partial charge in [0, 0.05) is 13.0 Å². The number of nitrogens with one attached hydrogen (secondary N) is 1. The van der Waals surface area contributed by atoms with Crippen molar-refractivity contribution >= 4 is 5.97 Å². The minimum Gasteiger partial charge on any atom is -0.497 e. The molecule has 17 heavy (non-hydrogen) atoms. The average Bonchev–Trinajstić information content (AvgIpc) is 2.38. The van der Waals surface area contributed by atoms with Crippen LogP contribution in [-0.4, -0.2) is 26.7 Å². The third-order valence-electron chi connectivity index (χ3n) is 2.45. The molecule has 1 N–H and O–H groups in total. The molecule has 1 rings (SSSR count). The number of esters is 1. The van der Waals surface area contributed by atoms with Crippen molar-refractivity contribution in [3.63, 3.8) is 0 Å². The predicted octanol–water partition coefficient (Wildman–Crippen LogP) is 1.74. The van der Waals surface area contributed by atoms with Gasteiger partial charge in [-0.25, -0.2) is 0 Å². The number of carbonyl (C=O) groups excluding carboxylic acids is 1. The van der Waals surface area contributed by atoms with Crippen LogP contribution in [0.4, 0.5) is 0 Å². The van der Waals surface area contributed by atoms with Crippen LogP contribution < -0.4 is 10.1 Å². The lowest BCUT2D eigenvalue weighted by Gasteiger charge is -2.05. The van der Waals surface area contributed by atoms with Crippen molar-refractivity contribution in [2.45, 2.75) is 19.4 Å². The first-order chi connectivity index (χ1) is 8.26. The Kier molecular flexibility index (Phi) is 6.10. The Balaban J connectivity index is 2.15. The van der Waals surface area contributed by atoms with Gasteiger partial charge < -0.3 is 14.8 Å². The summed E-state index contributed by atoms with van der Waals surface area (Å²) in [6.45, 7) is 1.60. The Labute approximate surface area is 102 Å². The van der Waals surface area contributed by atoms with Gasteiger partial charge >= 0.3 is 5.97 Å². The maximum atomic E-state index is 10.9. The van der Waals surface area contributed by atoms with Crippen LogP contribution in [0.5, 0.6) is 5.75 Å². The van der Waals surface area contributed by atoms with Crippen LogP contribution >= 0.6 is 0 Å². The van der Waals surface area contributed by atoms with Gasteiger partial charge in [0.1, 0.15) is 5.75 Å². The van der Waals surface area contributed by atoms with Gasteiger partial charge in [-0.1, -0.05) is 12.1 Å². The second-order valence-corrected chi connectivity index (χ2v) is 3.70. The lowest BCUT2D eigenvalue weighted by atomic mass is 10.2. The number of benzene rings is 1. The highest BCUT2D eigenvalue weighted by Crippen LogP contribution is 2.10. The molecule has 4 nitrogen and oxygen atoms in total. The molecule has 0 atom stereocenters. The summed E-state index contributed by atoms with van der Waals surface area (Å²) in [4.78, 5) is 10.9. The second kappa shape index (κ2) is 7.68. The molecule has 0 aliphatic rings. The molecule has 4 heteroatoms. The molecule has 94 valence electrons. The summed E-state index contributed by atoms with van der Waals surface area (Å²) in [5.41, 5.74) is 1.20. The molecule has 0 unspecified atom stereocenters. The van der Waals surface area contributed by atoms with Crippen LogP contribution in [0, 0.1) is 0 Å². The average molecular weight is 237 g/mol. The van der Waals surface area contributed by atoms with E-state index in [9.17, 15) is 4.79 Å². The third-order valence-corrected chi connectivity index (χ3v) is 2.45. The molecule has 0 spiro atoms. The van der Waals surface area contributed by atoms with Crippen LogP contribution in [-0.2, 0) is 16.1 Å². The molecule has 0 aliphatic heterocycles. The molecule has 0 radical (unpaired) electrons. The summed E-state index contributed by atoms with van der Waals surface area (Å²) < 4.78 is 9.64. The van der Waals surface area contributed by atoms with E-state index >= 15 is 0 Å². The molecule has 0 amide bonds. The minimum absolute atomic E-state index is 0.156.